The van der Waals surface area contributed by atoms with Crippen molar-refractivity contribution in [2.45, 2.75) is 12.8 Å². The van der Waals surface area contributed by atoms with Gasteiger partial charge in [0.2, 0.25) is 0 Å². The number of benzene rings is 4. The third-order valence-electron chi connectivity index (χ3n) is 8.35. The van der Waals surface area contributed by atoms with Crippen LogP contribution < -0.4 is 9.80 Å². The van der Waals surface area contributed by atoms with E-state index in [2.05, 4.69) is 48.5 Å². The third-order valence-corrected chi connectivity index (χ3v) is 12.6. The van der Waals surface area contributed by atoms with Gasteiger partial charge in [-0.3, -0.25) is 9.59 Å². The van der Waals surface area contributed by atoms with Crippen LogP contribution in [-0.4, -0.2) is 30.4 Å². The predicted molar refractivity (Wildman–Crippen MR) is 227 cm³/mol. The molecule has 2 amide bonds. The summed E-state index contributed by atoms with van der Waals surface area (Å²) >= 11 is 16.5. The van der Waals surface area contributed by atoms with Gasteiger partial charge in [0.25, 0.3) is 11.8 Å². The number of rotatable bonds is 9. The Morgan fingerprint density at radius 3 is 1.31 bits per heavy atom. The van der Waals surface area contributed by atoms with Gasteiger partial charge >= 0.3 is 0 Å². The number of thiazole rings is 2. The molecule has 4 aromatic carbocycles. The minimum absolute atomic E-state index is 0.146. The Labute approximate surface area is 328 Å². The number of hydrogen-bond donors (Lipinski definition) is 0. The van der Waals surface area contributed by atoms with E-state index in [1.54, 1.807) is 0 Å². The molecule has 2 aliphatic heterocycles. The fraction of sp³-hybridized carbons (Fsp3) is 0.0500. The molecule has 0 radical (unpaired) electrons. The Kier molecular flexibility index (Phi) is 10.1. The second kappa shape index (κ2) is 15.2. The summed E-state index contributed by atoms with van der Waals surface area (Å²) < 4.78 is 0.974. The molecule has 8 rings (SSSR count). The number of thiocarbonyl (C=S) groups is 2. The molecule has 52 heavy (non-hydrogen) atoms. The quantitative estimate of drug-likeness (QED) is 0.106. The molecule has 0 unspecified atom stereocenters. The van der Waals surface area contributed by atoms with Crippen molar-refractivity contribution in [3.05, 3.63) is 152 Å². The van der Waals surface area contributed by atoms with E-state index >= 15 is 0 Å². The number of anilines is 2. The lowest BCUT2D eigenvalue weighted by molar-refractivity contribution is -0.114. The fourth-order valence-corrected chi connectivity index (χ4v) is 10.1. The first-order valence-corrected chi connectivity index (χ1v) is 20.4. The minimum Gasteiger partial charge on any atom is -0.268 e. The highest BCUT2D eigenvalue weighted by molar-refractivity contribution is 8.27. The second-order valence-electron chi connectivity index (χ2n) is 11.8. The van der Waals surface area contributed by atoms with Crippen molar-refractivity contribution in [1.82, 2.24) is 9.97 Å². The van der Waals surface area contributed by atoms with Crippen molar-refractivity contribution in [3.8, 4) is 22.5 Å². The van der Waals surface area contributed by atoms with E-state index in [-0.39, 0.29) is 11.8 Å². The van der Waals surface area contributed by atoms with Crippen LogP contribution >= 0.6 is 70.6 Å². The summed E-state index contributed by atoms with van der Waals surface area (Å²) in [5, 5.41) is 5.08. The smallest absolute Gasteiger partial charge is 0.268 e. The molecule has 12 heteroatoms. The van der Waals surface area contributed by atoms with E-state index in [4.69, 9.17) is 34.4 Å². The van der Waals surface area contributed by atoms with Gasteiger partial charge < -0.3 is 0 Å². The van der Waals surface area contributed by atoms with Gasteiger partial charge in [0.1, 0.15) is 0 Å². The Morgan fingerprint density at radius 1 is 0.538 bits per heavy atom. The maximum atomic E-state index is 13.2. The first-order chi connectivity index (χ1) is 25.4. The average Bonchev–Trinajstić information content (AvgIpc) is 3.96. The number of nitrogens with zero attached hydrogens (tertiary/aromatic N) is 4. The Balaban J connectivity index is 0.876. The lowest BCUT2D eigenvalue weighted by atomic mass is 10.0. The van der Waals surface area contributed by atoms with Gasteiger partial charge in [-0.1, -0.05) is 157 Å². The van der Waals surface area contributed by atoms with Gasteiger partial charge in [-0.15, -0.1) is 22.7 Å². The van der Waals surface area contributed by atoms with Crippen molar-refractivity contribution in [2.75, 3.05) is 9.80 Å². The molecule has 0 atom stereocenters. The summed E-state index contributed by atoms with van der Waals surface area (Å²) in [7, 11) is 0. The standard InChI is InChI=1S/C40H26N4O2S6/c45-35-33(21-27-7-3-1-4-8-27)51-39(47)43(35)37-41-31(23-49-37)29-17-13-25(14-18-29)11-12-26-15-19-30(20-16-26)32-24-50-38(42-32)44-36(46)34(52-40(44)48)22-28-9-5-2-6-10-28/h1-10,13-24H,11-12H2/b33-21+,34-22+. The highest BCUT2D eigenvalue weighted by atomic mass is 32.2. The molecule has 2 aliphatic rings. The molecule has 0 saturated carbocycles. The molecule has 0 aliphatic carbocycles. The van der Waals surface area contributed by atoms with Crippen molar-refractivity contribution in [3.63, 3.8) is 0 Å². The van der Waals surface area contributed by atoms with Gasteiger partial charge in [0.05, 0.1) is 21.2 Å². The Morgan fingerprint density at radius 2 is 0.923 bits per heavy atom. The van der Waals surface area contributed by atoms with Crippen LogP contribution in [0.1, 0.15) is 22.3 Å². The molecule has 2 fully saturated rings. The average molecular weight is 787 g/mol. The summed E-state index contributed by atoms with van der Waals surface area (Å²) in [6.45, 7) is 0. The van der Waals surface area contributed by atoms with Crippen LogP contribution in [0.4, 0.5) is 10.3 Å². The first kappa shape index (κ1) is 34.5. The van der Waals surface area contributed by atoms with Gasteiger partial charge in [0.15, 0.2) is 18.9 Å². The fourth-order valence-electron chi connectivity index (χ4n) is 5.64. The number of hydrogen-bond acceptors (Lipinski definition) is 10. The zero-order chi connectivity index (χ0) is 35.6. The van der Waals surface area contributed by atoms with Crippen LogP contribution in [0.3, 0.4) is 0 Å². The SMILES string of the molecule is O=C1/C(=C\c2ccccc2)SC(=S)N1c1nc(-c2ccc(CCc3ccc(-c4csc(N5C(=O)/C(=C\c6ccccc6)SC5=S)n4)cc3)cc2)cs1. The van der Waals surface area contributed by atoms with Gasteiger partial charge in [-0.25, -0.2) is 19.8 Å². The van der Waals surface area contributed by atoms with Crippen molar-refractivity contribution < 1.29 is 9.59 Å². The van der Waals surface area contributed by atoms with E-state index in [1.807, 2.05) is 83.6 Å². The van der Waals surface area contributed by atoms with Crippen LogP contribution in [-0.2, 0) is 22.4 Å². The van der Waals surface area contributed by atoms with Crippen LogP contribution in [0.5, 0.6) is 0 Å². The number of thioether (sulfide) groups is 2. The largest absolute Gasteiger partial charge is 0.272 e. The third kappa shape index (κ3) is 7.36. The lowest BCUT2D eigenvalue weighted by Gasteiger charge is -2.09. The van der Waals surface area contributed by atoms with Gasteiger partial charge in [-0.2, -0.15) is 0 Å². The number of carbonyl (C=O) groups is 2. The van der Waals surface area contributed by atoms with Crippen LogP contribution in [0.25, 0.3) is 34.7 Å². The highest BCUT2D eigenvalue weighted by Gasteiger charge is 2.36. The normalized spacial score (nSPS) is 16.2. The Hall–Kier alpha value is -4.56. The van der Waals surface area contributed by atoms with Gasteiger partial charge in [0, 0.05) is 21.9 Å². The molecule has 2 saturated heterocycles. The van der Waals surface area contributed by atoms with E-state index in [1.165, 1.54) is 67.1 Å². The topological polar surface area (TPSA) is 66.4 Å². The lowest BCUT2D eigenvalue weighted by Crippen LogP contribution is -2.27. The maximum absolute atomic E-state index is 13.2. The number of aromatic nitrogens is 2. The maximum Gasteiger partial charge on any atom is 0.272 e. The number of aryl methyl sites for hydroxylation is 2. The summed E-state index contributed by atoms with van der Waals surface area (Å²) in [6.07, 6.45) is 5.51. The van der Waals surface area contributed by atoms with E-state index in [9.17, 15) is 9.59 Å². The molecule has 6 nitrogen and oxygen atoms in total. The monoisotopic (exact) mass is 786 g/mol. The molecule has 6 aromatic rings. The molecule has 0 spiro atoms. The second-order valence-corrected chi connectivity index (χ2v) is 16.8. The molecule has 254 valence electrons. The van der Waals surface area contributed by atoms with E-state index < -0.39 is 0 Å². The van der Waals surface area contributed by atoms with Crippen molar-refractivity contribution in [1.29, 1.82) is 0 Å². The molecular formula is C40H26N4O2S6. The molecular weight excluding hydrogens is 761 g/mol. The van der Waals surface area contributed by atoms with Gasteiger partial charge in [-0.05, 0) is 47.2 Å². The van der Waals surface area contributed by atoms with Crippen LogP contribution in [0.15, 0.2) is 130 Å². The summed E-state index contributed by atoms with van der Waals surface area (Å²) in [5.74, 6) is -0.291. The zero-order valence-electron chi connectivity index (χ0n) is 27.2. The summed E-state index contributed by atoms with van der Waals surface area (Å²) in [6, 6.07) is 36.3. The first-order valence-electron chi connectivity index (χ1n) is 16.2. The van der Waals surface area contributed by atoms with Crippen molar-refractivity contribution in [2.24, 2.45) is 0 Å². The Bertz CT molecular complexity index is 2210. The summed E-state index contributed by atoms with van der Waals surface area (Å²) in [4.78, 5) is 40.2. The molecule has 2 aromatic heterocycles. The van der Waals surface area contributed by atoms with E-state index in [0.29, 0.717) is 28.7 Å². The van der Waals surface area contributed by atoms with Crippen LogP contribution in [0, 0.1) is 0 Å². The zero-order valence-corrected chi connectivity index (χ0v) is 32.1. The number of carbonyl (C=O) groups excluding carboxylic acids is 2. The summed E-state index contributed by atoms with van der Waals surface area (Å²) in [5.41, 5.74) is 7.96. The molecule has 4 heterocycles. The van der Waals surface area contributed by atoms with Crippen molar-refractivity contribution >= 4 is 114 Å². The molecule has 0 N–H and O–H groups in total. The van der Waals surface area contributed by atoms with E-state index in [0.717, 1.165) is 46.5 Å². The van der Waals surface area contributed by atoms with Crippen LogP contribution in [0.2, 0.25) is 0 Å². The predicted octanol–water partition coefficient (Wildman–Crippen LogP) is 10.5. The highest BCUT2D eigenvalue weighted by Crippen LogP contribution is 2.40. The minimum atomic E-state index is -0.146. The molecule has 0 bridgehead atoms. The number of amides is 2.